The van der Waals surface area contributed by atoms with Crippen molar-refractivity contribution < 1.29 is 0 Å². The first-order valence-corrected chi connectivity index (χ1v) is 10.3. The smallest absolute Gasteiger partial charge is 0.154 e. The number of nitrogens with one attached hydrogen (secondary N) is 1. The minimum absolute atomic E-state index is 0.334. The first-order chi connectivity index (χ1) is 14.0. The topological polar surface area (TPSA) is 91.0 Å². The molecule has 0 saturated heterocycles. The lowest BCUT2D eigenvalue weighted by Crippen LogP contribution is -2.35. The minimum atomic E-state index is -0.334. The molecular formula is C21H24ClN7. The third kappa shape index (κ3) is 4.16. The maximum atomic E-state index is 8.79. The quantitative estimate of drug-likeness (QED) is 0.313. The van der Waals surface area contributed by atoms with E-state index in [2.05, 4.69) is 20.3 Å². The van der Waals surface area contributed by atoms with E-state index in [1.807, 2.05) is 61.0 Å². The molecule has 8 heteroatoms. The van der Waals surface area contributed by atoms with Crippen LogP contribution in [0.3, 0.4) is 0 Å². The number of fused-ring (bicyclic) bond motifs is 1. The highest BCUT2D eigenvalue weighted by molar-refractivity contribution is 6.30. The molecule has 0 radical (unpaired) electrons. The van der Waals surface area contributed by atoms with E-state index in [4.69, 9.17) is 22.2 Å². The van der Waals surface area contributed by atoms with Crippen LogP contribution < -0.4 is 5.32 Å². The van der Waals surface area contributed by atoms with E-state index >= 15 is 0 Å². The van der Waals surface area contributed by atoms with Crippen LogP contribution in [-0.4, -0.2) is 26.2 Å². The maximum absolute atomic E-state index is 8.79. The van der Waals surface area contributed by atoms with Gasteiger partial charge >= 0.3 is 0 Å². The second kappa shape index (κ2) is 7.93. The van der Waals surface area contributed by atoms with Crippen LogP contribution >= 0.6 is 11.6 Å². The van der Waals surface area contributed by atoms with Gasteiger partial charge in [0.05, 0.1) is 11.9 Å². The highest BCUT2D eigenvalue weighted by Crippen LogP contribution is 2.36. The van der Waals surface area contributed by atoms with Gasteiger partial charge in [-0.3, -0.25) is 0 Å². The fraction of sp³-hybridized carbons (Fsp3) is 0.429. The molecule has 7 nitrogen and oxygen atoms in total. The van der Waals surface area contributed by atoms with Crippen molar-refractivity contribution >= 4 is 23.1 Å². The fourth-order valence-electron chi connectivity index (χ4n) is 4.15. The molecule has 2 heterocycles. The Balaban J connectivity index is 1.50. The molecule has 0 aliphatic heterocycles. The molecule has 1 N–H and O–H groups in total. The number of halogens is 1. The number of hydrogen-bond donors (Lipinski definition) is 1. The van der Waals surface area contributed by atoms with Crippen molar-refractivity contribution in [2.24, 2.45) is 11.0 Å². The summed E-state index contributed by atoms with van der Waals surface area (Å²) >= 11 is 6.15. The molecule has 1 saturated carbocycles. The number of aromatic nitrogens is 3. The average Bonchev–Trinajstić information content (AvgIpc) is 3.12. The van der Waals surface area contributed by atoms with Gasteiger partial charge in [0.15, 0.2) is 5.65 Å². The molecule has 4 rings (SSSR count). The number of rotatable bonds is 5. The summed E-state index contributed by atoms with van der Waals surface area (Å²) in [4.78, 5) is 7.47. The SMILES string of the molecule is CC(C)(N=[N+]=[N-])C1CCC(Nc2ccc3ncc(-c4cccc(Cl)c4)n3n2)CC1. The summed E-state index contributed by atoms with van der Waals surface area (Å²) in [7, 11) is 0. The molecule has 2 aromatic heterocycles. The Labute approximate surface area is 174 Å². The molecule has 1 aliphatic carbocycles. The summed E-state index contributed by atoms with van der Waals surface area (Å²) in [5.74, 6) is 1.24. The van der Waals surface area contributed by atoms with Gasteiger partial charge in [-0.15, -0.1) is 5.10 Å². The predicted octanol–water partition coefficient (Wildman–Crippen LogP) is 6.11. The van der Waals surface area contributed by atoms with Crippen molar-refractivity contribution in [3.05, 3.63) is 58.1 Å². The molecule has 0 atom stereocenters. The lowest BCUT2D eigenvalue weighted by molar-refractivity contribution is 0.230. The van der Waals surface area contributed by atoms with Crippen LogP contribution in [0.2, 0.25) is 5.02 Å². The second-order valence-corrected chi connectivity index (χ2v) is 8.61. The third-order valence-corrected chi connectivity index (χ3v) is 6.10. The number of hydrogen-bond acceptors (Lipinski definition) is 4. The zero-order valence-corrected chi connectivity index (χ0v) is 17.3. The van der Waals surface area contributed by atoms with Crippen LogP contribution in [0.1, 0.15) is 39.5 Å². The van der Waals surface area contributed by atoms with Crippen LogP contribution in [0.5, 0.6) is 0 Å². The van der Waals surface area contributed by atoms with E-state index < -0.39 is 0 Å². The Morgan fingerprint density at radius 3 is 2.72 bits per heavy atom. The number of imidazole rings is 1. The fourth-order valence-corrected chi connectivity index (χ4v) is 4.34. The molecule has 1 fully saturated rings. The minimum Gasteiger partial charge on any atom is -0.366 e. The molecule has 0 amide bonds. The molecule has 3 aromatic rings. The van der Waals surface area contributed by atoms with Gasteiger partial charge in [-0.25, -0.2) is 9.50 Å². The highest BCUT2D eigenvalue weighted by Gasteiger charge is 2.32. The molecular weight excluding hydrogens is 386 g/mol. The van der Waals surface area contributed by atoms with Gasteiger partial charge in [0, 0.05) is 27.1 Å². The van der Waals surface area contributed by atoms with E-state index in [9.17, 15) is 0 Å². The largest absolute Gasteiger partial charge is 0.366 e. The highest BCUT2D eigenvalue weighted by atomic mass is 35.5. The Morgan fingerprint density at radius 2 is 2.00 bits per heavy atom. The summed E-state index contributed by atoms with van der Waals surface area (Å²) in [6.45, 7) is 4.05. The number of nitrogens with zero attached hydrogens (tertiary/aromatic N) is 6. The summed E-state index contributed by atoms with van der Waals surface area (Å²) in [5, 5.41) is 13.0. The summed E-state index contributed by atoms with van der Waals surface area (Å²) in [6, 6.07) is 12.0. The van der Waals surface area contributed by atoms with Crippen molar-refractivity contribution in [2.45, 2.75) is 51.1 Å². The Kier molecular flexibility index (Phi) is 5.35. The second-order valence-electron chi connectivity index (χ2n) is 8.18. The van der Waals surface area contributed by atoms with Crippen LogP contribution in [-0.2, 0) is 0 Å². The van der Waals surface area contributed by atoms with Gasteiger partial charge in [0.25, 0.3) is 0 Å². The van der Waals surface area contributed by atoms with Gasteiger partial charge in [0.1, 0.15) is 5.82 Å². The molecule has 0 unspecified atom stereocenters. The lowest BCUT2D eigenvalue weighted by Gasteiger charge is -2.36. The van der Waals surface area contributed by atoms with Crippen LogP contribution in [0, 0.1) is 5.92 Å². The van der Waals surface area contributed by atoms with E-state index in [0.717, 1.165) is 48.4 Å². The Morgan fingerprint density at radius 1 is 1.21 bits per heavy atom. The van der Waals surface area contributed by atoms with Crippen molar-refractivity contribution in [1.82, 2.24) is 14.6 Å². The van der Waals surface area contributed by atoms with Gasteiger partial charge < -0.3 is 5.32 Å². The van der Waals surface area contributed by atoms with Gasteiger partial charge in [-0.2, -0.15) is 0 Å². The molecule has 0 spiro atoms. The van der Waals surface area contributed by atoms with Crippen molar-refractivity contribution in [2.75, 3.05) is 5.32 Å². The summed E-state index contributed by atoms with van der Waals surface area (Å²) in [5.41, 5.74) is 11.1. The zero-order chi connectivity index (χ0) is 20.4. The van der Waals surface area contributed by atoms with Crippen molar-refractivity contribution in [1.29, 1.82) is 0 Å². The van der Waals surface area contributed by atoms with E-state index in [0.29, 0.717) is 17.0 Å². The monoisotopic (exact) mass is 409 g/mol. The average molecular weight is 410 g/mol. The maximum Gasteiger partial charge on any atom is 0.154 e. The number of benzene rings is 1. The summed E-state index contributed by atoms with van der Waals surface area (Å²) < 4.78 is 1.85. The third-order valence-electron chi connectivity index (χ3n) is 5.86. The lowest BCUT2D eigenvalue weighted by atomic mass is 9.75. The molecule has 0 bridgehead atoms. The van der Waals surface area contributed by atoms with E-state index in [-0.39, 0.29) is 5.54 Å². The van der Waals surface area contributed by atoms with Crippen LogP contribution in [0.4, 0.5) is 5.82 Å². The molecule has 29 heavy (non-hydrogen) atoms. The van der Waals surface area contributed by atoms with Crippen molar-refractivity contribution in [3.63, 3.8) is 0 Å². The Bertz CT molecular complexity index is 1060. The zero-order valence-electron chi connectivity index (χ0n) is 16.6. The van der Waals surface area contributed by atoms with Gasteiger partial charge in [0.2, 0.25) is 0 Å². The normalized spacial score (nSPS) is 19.7. The molecule has 1 aliphatic rings. The molecule has 1 aromatic carbocycles. The first kappa shape index (κ1) is 19.6. The Hall–Kier alpha value is -2.76. The van der Waals surface area contributed by atoms with Crippen LogP contribution in [0.25, 0.3) is 27.3 Å². The predicted molar refractivity (Wildman–Crippen MR) is 116 cm³/mol. The molecule has 150 valence electrons. The standard InChI is InChI=1S/C21H24ClN7/c1-21(2,27-28-23)15-6-8-17(9-7-15)25-19-10-11-20-24-13-18(29(20)26-19)14-4-3-5-16(22)12-14/h3-5,10-13,15,17H,6-9H2,1-2H3,(H,25,26). The van der Waals surface area contributed by atoms with E-state index in [1.54, 1.807) is 0 Å². The van der Waals surface area contributed by atoms with E-state index in [1.165, 1.54) is 0 Å². The number of azide groups is 1. The van der Waals surface area contributed by atoms with Gasteiger partial charge in [-0.1, -0.05) is 42.7 Å². The number of anilines is 1. The van der Waals surface area contributed by atoms with Crippen LogP contribution in [0.15, 0.2) is 47.7 Å². The van der Waals surface area contributed by atoms with Crippen molar-refractivity contribution in [3.8, 4) is 11.3 Å². The van der Waals surface area contributed by atoms with Gasteiger partial charge in [-0.05, 0) is 61.4 Å². The first-order valence-electron chi connectivity index (χ1n) is 9.90. The summed E-state index contributed by atoms with van der Waals surface area (Å²) in [6.07, 6.45) is 5.94.